The van der Waals surface area contributed by atoms with Gasteiger partial charge in [0.25, 0.3) is 0 Å². The molecule has 1 aliphatic heterocycles. The fourth-order valence-corrected chi connectivity index (χ4v) is 3.33. The van der Waals surface area contributed by atoms with E-state index in [0.717, 1.165) is 41.5 Å². The number of piperazine rings is 1. The SMILES string of the molecule is COc1ccc(NC(=O)N2CCN(Cc3nc4cc(C)ccc4o3)CC2)cc1. The number of carbonyl (C=O) groups is 1. The fourth-order valence-electron chi connectivity index (χ4n) is 3.33. The molecular weight excluding hydrogens is 356 g/mol. The number of aromatic nitrogens is 1. The number of carbonyl (C=O) groups excluding carboxylic acids is 1. The first-order valence-corrected chi connectivity index (χ1v) is 9.39. The van der Waals surface area contributed by atoms with Gasteiger partial charge in [-0.25, -0.2) is 9.78 Å². The van der Waals surface area contributed by atoms with E-state index in [-0.39, 0.29) is 6.03 Å². The number of ether oxygens (including phenoxy) is 1. The first-order chi connectivity index (χ1) is 13.6. The van der Waals surface area contributed by atoms with E-state index in [1.165, 1.54) is 5.56 Å². The average Bonchev–Trinajstić information content (AvgIpc) is 3.10. The second-order valence-electron chi connectivity index (χ2n) is 7.00. The minimum Gasteiger partial charge on any atom is -0.497 e. The number of nitrogens with one attached hydrogen (secondary N) is 1. The first kappa shape index (κ1) is 18.3. The Morgan fingerprint density at radius 1 is 1.14 bits per heavy atom. The van der Waals surface area contributed by atoms with Crippen molar-refractivity contribution in [2.75, 3.05) is 38.6 Å². The Labute approximate surface area is 163 Å². The Kier molecular flexibility index (Phi) is 5.16. The first-order valence-electron chi connectivity index (χ1n) is 9.39. The van der Waals surface area contributed by atoms with Crippen molar-refractivity contribution in [1.82, 2.24) is 14.8 Å². The van der Waals surface area contributed by atoms with Crippen molar-refractivity contribution in [2.24, 2.45) is 0 Å². The Morgan fingerprint density at radius 3 is 2.61 bits per heavy atom. The molecule has 2 aromatic carbocycles. The average molecular weight is 380 g/mol. The molecule has 1 aliphatic rings. The molecule has 1 fully saturated rings. The second kappa shape index (κ2) is 7.90. The fraction of sp³-hybridized carbons (Fsp3) is 0.333. The number of amides is 2. The molecule has 1 aromatic heterocycles. The molecule has 0 spiro atoms. The van der Waals surface area contributed by atoms with Crippen LogP contribution in [0.2, 0.25) is 0 Å². The van der Waals surface area contributed by atoms with Crippen LogP contribution in [-0.4, -0.2) is 54.1 Å². The molecule has 1 N–H and O–H groups in total. The van der Waals surface area contributed by atoms with Gasteiger partial charge in [-0.2, -0.15) is 0 Å². The van der Waals surface area contributed by atoms with Crippen molar-refractivity contribution >= 4 is 22.8 Å². The molecule has 2 heterocycles. The number of hydrogen-bond donors (Lipinski definition) is 1. The quantitative estimate of drug-likeness (QED) is 0.750. The van der Waals surface area contributed by atoms with E-state index < -0.39 is 0 Å². The zero-order valence-corrected chi connectivity index (χ0v) is 16.1. The summed E-state index contributed by atoms with van der Waals surface area (Å²) in [5.41, 5.74) is 3.64. The van der Waals surface area contributed by atoms with Crippen LogP contribution in [0.15, 0.2) is 46.9 Å². The van der Waals surface area contributed by atoms with Crippen LogP contribution in [0, 0.1) is 6.92 Å². The lowest BCUT2D eigenvalue weighted by Crippen LogP contribution is -2.49. The zero-order chi connectivity index (χ0) is 19.5. The van der Waals surface area contributed by atoms with E-state index in [0.29, 0.717) is 19.6 Å². The molecule has 2 amide bonds. The number of benzene rings is 2. The maximum atomic E-state index is 12.5. The predicted octanol–water partition coefficient (Wildman–Crippen LogP) is 3.49. The van der Waals surface area contributed by atoms with Gasteiger partial charge in [-0.15, -0.1) is 0 Å². The molecule has 0 unspecified atom stereocenters. The van der Waals surface area contributed by atoms with Crippen molar-refractivity contribution in [3.05, 3.63) is 53.9 Å². The van der Waals surface area contributed by atoms with Gasteiger partial charge in [0, 0.05) is 31.9 Å². The van der Waals surface area contributed by atoms with Crippen LogP contribution >= 0.6 is 0 Å². The molecule has 7 nitrogen and oxygen atoms in total. The number of hydrogen-bond acceptors (Lipinski definition) is 5. The van der Waals surface area contributed by atoms with Crippen LogP contribution in [-0.2, 0) is 6.54 Å². The number of nitrogens with zero attached hydrogens (tertiary/aromatic N) is 3. The van der Waals surface area contributed by atoms with Gasteiger partial charge in [-0.3, -0.25) is 4.90 Å². The van der Waals surface area contributed by atoms with Crippen LogP contribution in [0.3, 0.4) is 0 Å². The molecule has 28 heavy (non-hydrogen) atoms. The Morgan fingerprint density at radius 2 is 1.89 bits per heavy atom. The van der Waals surface area contributed by atoms with Crippen LogP contribution in [0.25, 0.3) is 11.1 Å². The zero-order valence-electron chi connectivity index (χ0n) is 16.1. The van der Waals surface area contributed by atoms with E-state index >= 15 is 0 Å². The maximum Gasteiger partial charge on any atom is 0.321 e. The second-order valence-corrected chi connectivity index (χ2v) is 7.00. The van der Waals surface area contributed by atoms with Crippen molar-refractivity contribution in [3.63, 3.8) is 0 Å². The Hall–Kier alpha value is -3.06. The van der Waals surface area contributed by atoms with Crippen molar-refractivity contribution in [1.29, 1.82) is 0 Å². The molecule has 1 saturated heterocycles. The summed E-state index contributed by atoms with van der Waals surface area (Å²) in [5.74, 6) is 1.48. The van der Waals surface area contributed by atoms with Gasteiger partial charge in [-0.1, -0.05) is 6.07 Å². The van der Waals surface area contributed by atoms with Crippen molar-refractivity contribution in [2.45, 2.75) is 13.5 Å². The lowest BCUT2D eigenvalue weighted by Gasteiger charge is -2.34. The predicted molar refractivity (Wildman–Crippen MR) is 108 cm³/mol. The van der Waals surface area contributed by atoms with E-state index in [2.05, 4.69) is 15.2 Å². The number of rotatable bonds is 4. The number of aryl methyl sites for hydroxylation is 1. The van der Waals surface area contributed by atoms with E-state index in [1.807, 2.05) is 54.3 Å². The summed E-state index contributed by atoms with van der Waals surface area (Å²) < 4.78 is 11.0. The third-order valence-corrected chi connectivity index (χ3v) is 4.95. The third kappa shape index (κ3) is 4.09. The van der Waals surface area contributed by atoms with Crippen LogP contribution in [0.5, 0.6) is 5.75 Å². The van der Waals surface area contributed by atoms with Gasteiger partial charge in [0.15, 0.2) is 5.58 Å². The molecule has 7 heteroatoms. The molecule has 0 saturated carbocycles. The van der Waals surface area contributed by atoms with Gasteiger partial charge in [0.05, 0.1) is 13.7 Å². The maximum absolute atomic E-state index is 12.5. The highest BCUT2D eigenvalue weighted by molar-refractivity contribution is 5.89. The summed E-state index contributed by atoms with van der Waals surface area (Å²) >= 11 is 0. The minimum atomic E-state index is -0.0813. The normalized spacial score (nSPS) is 15.0. The van der Waals surface area contributed by atoms with Gasteiger partial charge in [0.1, 0.15) is 11.3 Å². The van der Waals surface area contributed by atoms with E-state index in [4.69, 9.17) is 9.15 Å². The number of urea groups is 1. The molecule has 3 aromatic rings. The van der Waals surface area contributed by atoms with Crippen LogP contribution in [0.4, 0.5) is 10.5 Å². The summed E-state index contributed by atoms with van der Waals surface area (Å²) in [4.78, 5) is 21.1. The molecule has 0 aliphatic carbocycles. The molecule has 146 valence electrons. The largest absolute Gasteiger partial charge is 0.497 e. The van der Waals surface area contributed by atoms with Gasteiger partial charge >= 0.3 is 6.03 Å². The summed E-state index contributed by atoms with van der Waals surface area (Å²) in [5, 5.41) is 2.93. The van der Waals surface area contributed by atoms with Gasteiger partial charge < -0.3 is 19.4 Å². The van der Waals surface area contributed by atoms with Gasteiger partial charge in [-0.05, 0) is 48.9 Å². The lowest BCUT2D eigenvalue weighted by atomic mass is 10.2. The van der Waals surface area contributed by atoms with E-state index in [9.17, 15) is 4.79 Å². The van der Waals surface area contributed by atoms with Gasteiger partial charge in [0.2, 0.25) is 5.89 Å². The number of anilines is 1. The lowest BCUT2D eigenvalue weighted by molar-refractivity contribution is 0.136. The Balaban J connectivity index is 1.30. The topological polar surface area (TPSA) is 70.8 Å². The standard InChI is InChI=1S/C21H24N4O3/c1-15-3-8-19-18(13-15)23-20(28-19)14-24-9-11-25(12-10-24)21(26)22-16-4-6-17(27-2)7-5-16/h3-8,13H,9-12,14H2,1-2H3,(H,22,26). The smallest absolute Gasteiger partial charge is 0.321 e. The highest BCUT2D eigenvalue weighted by Gasteiger charge is 2.22. The molecule has 4 rings (SSSR count). The van der Waals surface area contributed by atoms with Crippen molar-refractivity contribution in [3.8, 4) is 5.75 Å². The summed E-state index contributed by atoms with van der Waals surface area (Å²) in [6, 6.07) is 13.3. The molecule has 0 bridgehead atoms. The molecule has 0 atom stereocenters. The highest BCUT2D eigenvalue weighted by Crippen LogP contribution is 2.19. The van der Waals surface area contributed by atoms with Crippen LogP contribution < -0.4 is 10.1 Å². The highest BCUT2D eigenvalue weighted by atomic mass is 16.5. The Bertz CT molecular complexity index is 959. The monoisotopic (exact) mass is 380 g/mol. The third-order valence-electron chi connectivity index (χ3n) is 4.95. The number of oxazole rings is 1. The van der Waals surface area contributed by atoms with E-state index in [1.54, 1.807) is 7.11 Å². The summed E-state index contributed by atoms with van der Waals surface area (Å²) in [6.45, 7) is 5.61. The minimum absolute atomic E-state index is 0.0813. The van der Waals surface area contributed by atoms with Crippen molar-refractivity contribution < 1.29 is 13.9 Å². The molecular formula is C21H24N4O3. The molecule has 0 radical (unpaired) electrons. The summed E-state index contributed by atoms with van der Waals surface area (Å²) in [7, 11) is 1.62. The number of fused-ring (bicyclic) bond motifs is 1. The van der Waals surface area contributed by atoms with Crippen LogP contribution in [0.1, 0.15) is 11.5 Å². The summed E-state index contributed by atoms with van der Waals surface area (Å²) in [6.07, 6.45) is 0. The number of methoxy groups -OCH3 is 1.